The van der Waals surface area contributed by atoms with Crippen molar-refractivity contribution in [2.24, 2.45) is 5.92 Å². The lowest BCUT2D eigenvalue weighted by atomic mass is 9.99. The summed E-state index contributed by atoms with van der Waals surface area (Å²) in [6.45, 7) is 2.74. The number of fused-ring (bicyclic) bond motifs is 3. The van der Waals surface area contributed by atoms with Crippen LogP contribution in [0.4, 0.5) is 0 Å². The number of likely N-dealkylation sites (tertiary alicyclic amines) is 2. The molecule has 0 spiro atoms. The van der Waals surface area contributed by atoms with Crippen LogP contribution in [0.1, 0.15) is 29.6 Å². The number of ether oxygens (including phenoxy) is 1. The second-order valence-electron chi connectivity index (χ2n) is 7.47. The first-order chi connectivity index (χ1) is 12.7. The van der Waals surface area contributed by atoms with E-state index >= 15 is 0 Å². The summed E-state index contributed by atoms with van der Waals surface area (Å²) >= 11 is 0. The molecule has 26 heavy (non-hydrogen) atoms. The second kappa shape index (κ2) is 6.09. The Labute approximate surface area is 151 Å². The van der Waals surface area contributed by atoms with Crippen LogP contribution in [0.5, 0.6) is 0 Å². The molecule has 7 nitrogen and oxygen atoms in total. The van der Waals surface area contributed by atoms with Crippen molar-refractivity contribution in [3.63, 3.8) is 0 Å². The lowest BCUT2D eigenvalue weighted by Crippen LogP contribution is -2.48. The highest BCUT2D eigenvalue weighted by Gasteiger charge is 2.47. The first kappa shape index (κ1) is 15.8. The monoisotopic (exact) mass is 354 g/mol. The van der Waals surface area contributed by atoms with Crippen molar-refractivity contribution in [3.05, 3.63) is 36.2 Å². The summed E-state index contributed by atoms with van der Waals surface area (Å²) in [5.41, 5.74) is 1.41. The molecule has 3 aliphatic heterocycles. The molecule has 0 saturated carbocycles. The van der Waals surface area contributed by atoms with Crippen molar-refractivity contribution in [1.29, 1.82) is 0 Å². The summed E-state index contributed by atoms with van der Waals surface area (Å²) in [4.78, 5) is 29.6. The number of carbonyl (C=O) groups is 2. The van der Waals surface area contributed by atoms with E-state index in [0.29, 0.717) is 18.7 Å². The van der Waals surface area contributed by atoms with E-state index in [1.807, 2.05) is 34.2 Å². The van der Waals surface area contributed by atoms with Crippen LogP contribution in [-0.4, -0.2) is 69.6 Å². The van der Waals surface area contributed by atoms with Gasteiger partial charge in [0.1, 0.15) is 0 Å². The summed E-state index contributed by atoms with van der Waals surface area (Å²) in [7, 11) is 0. The molecular weight excluding hydrogens is 332 g/mol. The van der Waals surface area contributed by atoms with E-state index < -0.39 is 0 Å². The van der Waals surface area contributed by atoms with Gasteiger partial charge in [0.2, 0.25) is 5.91 Å². The van der Waals surface area contributed by atoms with Gasteiger partial charge in [-0.05, 0) is 31.4 Å². The number of aromatic nitrogens is 2. The first-order valence-corrected chi connectivity index (χ1v) is 9.36. The maximum atomic E-state index is 13.0. The Hall–Kier alpha value is -2.41. The minimum atomic E-state index is -0.187. The molecule has 2 aromatic rings. The van der Waals surface area contributed by atoms with Gasteiger partial charge in [-0.3, -0.25) is 9.59 Å². The van der Waals surface area contributed by atoms with Gasteiger partial charge in [0, 0.05) is 32.4 Å². The maximum absolute atomic E-state index is 13.0. The minimum Gasteiger partial charge on any atom is -0.370 e. The summed E-state index contributed by atoms with van der Waals surface area (Å²) in [6.07, 6.45) is 6.13. The quantitative estimate of drug-likeness (QED) is 0.812. The highest BCUT2D eigenvalue weighted by Crippen LogP contribution is 2.34. The Morgan fingerprint density at radius 3 is 2.81 bits per heavy atom. The molecule has 3 unspecified atom stereocenters. The lowest BCUT2D eigenvalue weighted by Gasteiger charge is -2.33. The Morgan fingerprint density at radius 2 is 1.96 bits per heavy atom. The van der Waals surface area contributed by atoms with E-state index in [0.717, 1.165) is 37.9 Å². The van der Waals surface area contributed by atoms with E-state index in [1.165, 1.54) is 0 Å². The highest BCUT2D eigenvalue weighted by atomic mass is 16.5. The molecule has 0 N–H and O–H groups in total. The van der Waals surface area contributed by atoms with Crippen LogP contribution in [-0.2, 0) is 9.53 Å². The number of hydrogen-bond donors (Lipinski definition) is 0. The van der Waals surface area contributed by atoms with Crippen molar-refractivity contribution in [1.82, 2.24) is 19.4 Å². The van der Waals surface area contributed by atoms with E-state index in [9.17, 15) is 9.59 Å². The normalized spacial score (nSPS) is 28.1. The largest absolute Gasteiger partial charge is 0.370 e. The van der Waals surface area contributed by atoms with Gasteiger partial charge in [0.25, 0.3) is 5.91 Å². The average molecular weight is 354 g/mol. The molecule has 2 bridgehead atoms. The third-order valence-corrected chi connectivity index (χ3v) is 5.84. The molecule has 7 heteroatoms. The summed E-state index contributed by atoms with van der Waals surface area (Å²) in [5, 5.41) is 4.26. The number of amides is 2. The fraction of sp³-hybridized carbons (Fsp3) is 0.526. The molecular formula is C19H22N4O3. The van der Waals surface area contributed by atoms with Crippen molar-refractivity contribution >= 4 is 17.3 Å². The van der Waals surface area contributed by atoms with Crippen molar-refractivity contribution < 1.29 is 14.3 Å². The van der Waals surface area contributed by atoms with Crippen LogP contribution in [0.2, 0.25) is 0 Å². The molecule has 0 aromatic carbocycles. The predicted molar refractivity (Wildman–Crippen MR) is 93.7 cm³/mol. The Bertz CT molecular complexity index is 857. The molecule has 3 aliphatic rings. The van der Waals surface area contributed by atoms with Gasteiger partial charge >= 0.3 is 0 Å². The zero-order valence-electron chi connectivity index (χ0n) is 14.6. The molecule has 3 atom stereocenters. The SMILES string of the molecule is O=C(c1cnn2ccccc12)N1CC2CC(C(=O)N3CCCC3)C(C1)O2. The van der Waals surface area contributed by atoms with Gasteiger partial charge in [0.05, 0.1) is 35.4 Å². The summed E-state index contributed by atoms with van der Waals surface area (Å²) < 4.78 is 7.72. The number of pyridine rings is 1. The van der Waals surface area contributed by atoms with E-state index in [-0.39, 0.29) is 29.9 Å². The number of rotatable bonds is 2. The molecule has 2 aromatic heterocycles. The fourth-order valence-corrected chi connectivity index (χ4v) is 4.53. The zero-order chi connectivity index (χ0) is 17.7. The van der Waals surface area contributed by atoms with E-state index in [4.69, 9.17) is 4.74 Å². The molecule has 0 radical (unpaired) electrons. The molecule has 3 fully saturated rings. The third-order valence-electron chi connectivity index (χ3n) is 5.84. The smallest absolute Gasteiger partial charge is 0.257 e. The number of nitrogens with zero attached hydrogens (tertiary/aromatic N) is 4. The van der Waals surface area contributed by atoms with Gasteiger partial charge in [-0.1, -0.05) is 6.07 Å². The topological polar surface area (TPSA) is 67.2 Å². The minimum absolute atomic E-state index is 0.0289. The van der Waals surface area contributed by atoms with Gasteiger partial charge in [-0.15, -0.1) is 0 Å². The van der Waals surface area contributed by atoms with Crippen LogP contribution in [0.25, 0.3) is 5.52 Å². The van der Waals surface area contributed by atoms with Gasteiger partial charge in [0.15, 0.2) is 0 Å². The standard InChI is InChI=1S/C19H22N4O3/c24-18(21-6-3-4-7-21)14-9-13-11-22(12-17(14)26-13)19(25)15-10-20-23-8-2-1-5-16(15)23/h1-2,5,8,10,13-14,17H,3-4,6-7,9,11-12H2. The molecule has 5 heterocycles. The third kappa shape index (κ3) is 2.49. The molecule has 0 aliphatic carbocycles. The average Bonchev–Trinajstić information content (AvgIpc) is 3.39. The van der Waals surface area contributed by atoms with Crippen molar-refractivity contribution in [3.8, 4) is 0 Å². The number of carbonyl (C=O) groups excluding carboxylic acids is 2. The van der Waals surface area contributed by atoms with Crippen molar-refractivity contribution in [2.45, 2.75) is 31.5 Å². The predicted octanol–water partition coefficient (Wildman–Crippen LogP) is 1.19. The van der Waals surface area contributed by atoms with Crippen LogP contribution in [0.3, 0.4) is 0 Å². The maximum Gasteiger partial charge on any atom is 0.257 e. The first-order valence-electron chi connectivity index (χ1n) is 9.36. The van der Waals surface area contributed by atoms with Crippen LogP contribution in [0.15, 0.2) is 30.6 Å². The fourth-order valence-electron chi connectivity index (χ4n) is 4.53. The van der Waals surface area contributed by atoms with Gasteiger partial charge < -0.3 is 14.5 Å². The Morgan fingerprint density at radius 1 is 1.12 bits per heavy atom. The van der Waals surface area contributed by atoms with Crippen molar-refractivity contribution in [2.75, 3.05) is 26.2 Å². The lowest BCUT2D eigenvalue weighted by molar-refractivity contribution is -0.137. The number of morpholine rings is 1. The molecule has 2 amide bonds. The molecule has 5 rings (SSSR count). The zero-order valence-corrected chi connectivity index (χ0v) is 14.6. The Balaban J connectivity index is 1.35. The van der Waals surface area contributed by atoms with Crippen LogP contribution >= 0.6 is 0 Å². The summed E-state index contributed by atoms with van der Waals surface area (Å²) in [6, 6.07) is 5.69. The molecule has 3 saturated heterocycles. The van der Waals surface area contributed by atoms with Crippen LogP contribution < -0.4 is 0 Å². The van der Waals surface area contributed by atoms with E-state index in [2.05, 4.69) is 5.10 Å². The van der Waals surface area contributed by atoms with E-state index in [1.54, 1.807) is 10.7 Å². The highest BCUT2D eigenvalue weighted by molar-refractivity contribution is 6.00. The van der Waals surface area contributed by atoms with Crippen LogP contribution in [0, 0.1) is 5.92 Å². The Kier molecular flexibility index (Phi) is 3.70. The van der Waals surface area contributed by atoms with Gasteiger partial charge in [-0.2, -0.15) is 5.10 Å². The number of hydrogen-bond acceptors (Lipinski definition) is 4. The molecule has 136 valence electrons. The van der Waals surface area contributed by atoms with Gasteiger partial charge in [-0.25, -0.2) is 4.52 Å². The second-order valence-corrected chi connectivity index (χ2v) is 7.47. The summed E-state index contributed by atoms with van der Waals surface area (Å²) in [5.74, 6) is 0.0684.